The number of rotatable bonds is 6. The van der Waals surface area contributed by atoms with E-state index >= 15 is 0 Å². The summed E-state index contributed by atoms with van der Waals surface area (Å²) >= 11 is 1.52. The number of benzene rings is 1. The second-order valence-corrected chi connectivity index (χ2v) is 7.85. The lowest BCUT2D eigenvalue weighted by atomic mass is 9.96. The number of piperidine rings is 1. The fraction of sp³-hybridized carbons (Fsp3) is 0.500. The van der Waals surface area contributed by atoms with Gasteiger partial charge in [0.2, 0.25) is 5.91 Å². The van der Waals surface area contributed by atoms with Gasteiger partial charge in [-0.3, -0.25) is 9.69 Å². The van der Waals surface area contributed by atoms with Crippen LogP contribution in [0.1, 0.15) is 50.3 Å². The van der Waals surface area contributed by atoms with Crippen LogP contribution in [0.25, 0.3) is 0 Å². The summed E-state index contributed by atoms with van der Waals surface area (Å²) in [5, 5.41) is 5.78. The second-order valence-electron chi connectivity index (χ2n) is 6.99. The number of nitrogens with one attached hydrogen (secondary N) is 1. The number of hydrogen-bond acceptors (Lipinski definition) is 4. The van der Waals surface area contributed by atoms with E-state index in [1.807, 2.05) is 37.3 Å². The number of nitrogens with zero attached hydrogens (tertiary/aromatic N) is 2. The first-order valence-electron chi connectivity index (χ1n) is 9.18. The SMILES string of the molecule is CC[C@H](C(=O)Nc1nc(CN2CCC[C@@H](C)C2)cs1)c1ccccc1. The molecule has 1 N–H and O–H groups in total. The Morgan fingerprint density at radius 1 is 1.40 bits per heavy atom. The molecule has 0 unspecified atom stereocenters. The molecule has 0 saturated carbocycles. The van der Waals surface area contributed by atoms with Gasteiger partial charge in [0.1, 0.15) is 0 Å². The van der Waals surface area contributed by atoms with Gasteiger partial charge >= 0.3 is 0 Å². The van der Waals surface area contributed by atoms with Crippen LogP contribution in [0.15, 0.2) is 35.7 Å². The molecular formula is C20H27N3OS. The number of aromatic nitrogens is 1. The van der Waals surface area contributed by atoms with E-state index in [4.69, 9.17) is 0 Å². The molecule has 2 atom stereocenters. The quantitative estimate of drug-likeness (QED) is 0.827. The standard InChI is InChI=1S/C20H27N3OS/c1-3-18(16-9-5-4-6-10-16)19(24)22-20-21-17(14-25-20)13-23-11-7-8-15(2)12-23/h4-6,9-10,14-15,18H,3,7-8,11-13H2,1-2H3,(H,21,22,24)/t15-,18+/m1/s1. The lowest BCUT2D eigenvalue weighted by Gasteiger charge is -2.30. The third-order valence-corrected chi connectivity index (χ3v) is 5.64. The third kappa shape index (κ3) is 4.89. The van der Waals surface area contributed by atoms with E-state index in [-0.39, 0.29) is 11.8 Å². The average Bonchev–Trinajstić information content (AvgIpc) is 3.03. The Balaban J connectivity index is 1.59. The summed E-state index contributed by atoms with van der Waals surface area (Å²) < 4.78 is 0. The van der Waals surface area contributed by atoms with Crippen molar-refractivity contribution in [2.75, 3.05) is 18.4 Å². The van der Waals surface area contributed by atoms with Crippen molar-refractivity contribution in [3.63, 3.8) is 0 Å². The number of carbonyl (C=O) groups is 1. The first-order chi connectivity index (χ1) is 12.2. The first kappa shape index (κ1) is 18.1. The summed E-state index contributed by atoms with van der Waals surface area (Å²) in [6.45, 7) is 7.53. The zero-order chi connectivity index (χ0) is 17.6. The highest BCUT2D eigenvalue weighted by molar-refractivity contribution is 7.13. The lowest BCUT2D eigenvalue weighted by Crippen LogP contribution is -2.33. The number of anilines is 1. The smallest absolute Gasteiger partial charge is 0.233 e. The minimum Gasteiger partial charge on any atom is -0.301 e. The van der Waals surface area contributed by atoms with E-state index in [2.05, 4.69) is 27.5 Å². The molecule has 25 heavy (non-hydrogen) atoms. The molecule has 5 heteroatoms. The summed E-state index contributed by atoms with van der Waals surface area (Å²) in [4.78, 5) is 19.7. The summed E-state index contributed by atoms with van der Waals surface area (Å²) in [7, 11) is 0. The van der Waals surface area contributed by atoms with Crippen molar-refractivity contribution in [2.24, 2.45) is 5.92 Å². The fourth-order valence-electron chi connectivity index (χ4n) is 3.55. The highest BCUT2D eigenvalue weighted by Crippen LogP contribution is 2.24. The van der Waals surface area contributed by atoms with Gasteiger partial charge in [0.15, 0.2) is 5.13 Å². The van der Waals surface area contributed by atoms with Crippen LogP contribution in [0, 0.1) is 5.92 Å². The predicted octanol–water partition coefficient (Wildman–Crippen LogP) is 4.51. The Morgan fingerprint density at radius 3 is 2.92 bits per heavy atom. The van der Waals surface area contributed by atoms with Gasteiger partial charge < -0.3 is 5.32 Å². The molecule has 1 amide bonds. The van der Waals surface area contributed by atoms with Crippen molar-refractivity contribution in [3.05, 3.63) is 47.0 Å². The van der Waals surface area contributed by atoms with E-state index in [1.54, 1.807) is 0 Å². The summed E-state index contributed by atoms with van der Waals surface area (Å²) in [5.41, 5.74) is 2.11. The molecule has 0 aliphatic carbocycles. The van der Waals surface area contributed by atoms with E-state index in [0.29, 0.717) is 5.13 Å². The van der Waals surface area contributed by atoms with Crippen molar-refractivity contribution in [3.8, 4) is 0 Å². The molecule has 1 aliphatic heterocycles. The van der Waals surface area contributed by atoms with Gasteiger partial charge in [-0.25, -0.2) is 4.98 Å². The minimum atomic E-state index is -0.128. The molecule has 1 fully saturated rings. The normalized spacial score (nSPS) is 19.5. The Labute approximate surface area is 154 Å². The van der Waals surface area contributed by atoms with Crippen LogP contribution in [0.3, 0.4) is 0 Å². The number of likely N-dealkylation sites (tertiary alicyclic amines) is 1. The predicted molar refractivity (Wildman–Crippen MR) is 104 cm³/mol. The first-order valence-corrected chi connectivity index (χ1v) is 10.1. The molecule has 0 spiro atoms. The molecule has 2 heterocycles. The van der Waals surface area contributed by atoms with Crippen LogP contribution in [0.5, 0.6) is 0 Å². The van der Waals surface area contributed by atoms with Crippen molar-refractivity contribution < 1.29 is 4.79 Å². The highest BCUT2D eigenvalue weighted by atomic mass is 32.1. The van der Waals surface area contributed by atoms with Gasteiger partial charge in [-0.05, 0) is 37.3 Å². The summed E-state index contributed by atoms with van der Waals surface area (Å²) in [6, 6.07) is 9.96. The second kappa shape index (κ2) is 8.59. The molecular weight excluding hydrogens is 330 g/mol. The fourth-order valence-corrected chi connectivity index (χ4v) is 4.25. The van der Waals surface area contributed by atoms with Crippen molar-refractivity contribution in [2.45, 2.75) is 45.6 Å². The van der Waals surface area contributed by atoms with Crippen LogP contribution >= 0.6 is 11.3 Å². The Hall–Kier alpha value is -1.72. The van der Waals surface area contributed by atoms with Gasteiger partial charge in [0, 0.05) is 18.5 Å². The molecule has 1 saturated heterocycles. The van der Waals surface area contributed by atoms with Gasteiger partial charge in [0.25, 0.3) is 0 Å². The molecule has 1 aliphatic rings. The number of thiazole rings is 1. The molecule has 4 nitrogen and oxygen atoms in total. The molecule has 1 aromatic heterocycles. The van der Waals surface area contributed by atoms with Crippen LogP contribution in [0.4, 0.5) is 5.13 Å². The summed E-state index contributed by atoms with van der Waals surface area (Å²) in [6.07, 6.45) is 3.37. The van der Waals surface area contributed by atoms with Crippen LogP contribution in [-0.2, 0) is 11.3 Å². The Morgan fingerprint density at radius 2 is 2.20 bits per heavy atom. The van der Waals surface area contributed by atoms with E-state index in [0.717, 1.165) is 43.2 Å². The largest absolute Gasteiger partial charge is 0.301 e. The maximum atomic E-state index is 12.6. The van der Waals surface area contributed by atoms with Gasteiger partial charge in [-0.15, -0.1) is 11.3 Å². The number of amides is 1. The molecule has 3 rings (SSSR count). The van der Waals surface area contributed by atoms with Gasteiger partial charge in [-0.2, -0.15) is 0 Å². The highest BCUT2D eigenvalue weighted by Gasteiger charge is 2.20. The van der Waals surface area contributed by atoms with Gasteiger partial charge in [-0.1, -0.05) is 44.2 Å². The van der Waals surface area contributed by atoms with Crippen LogP contribution in [-0.4, -0.2) is 28.9 Å². The molecule has 0 radical (unpaired) electrons. The maximum Gasteiger partial charge on any atom is 0.233 e. The number of carbonyl (C=O) groups excluding carboxylic acids is 1. The van der Waals surface area contributed by atoms with Crippen molar-refractivity contribution in [1.29, 1.82) is 0 Å². The third-order valence-electron chi connectivity index (χ3n) is 4.84. The zero-order valence-corrected chi connectivity index (χ0v) is 15.9. The molecule has 1 aromatic carbocycles. The van der Waals surface area contributed by atoms with E-state index in [1.165, 1.54) is 24.2 Å². The molecule has 2 aromatic rings. The van der Waals surface area contributed by atoms with Crippen molar-refractivity contribution in [1.82, 2.24) is 9.88 Å². The molecule has 134 valence electrons. The molecule has 0 bridgehead atoms. The average molecular weight is 358 g/mol. The van der Waals surface area contributed by atoms with E-state index < -0.39 is 0 Å². The van der Waals surface area contributed by atoms with Crippen molar-refractivity contribution >= 4 is 22.4 Å². The Bertz CT molecular complexity index is 685. The zero-order valence-electron chi connectivity index (χ0n) is 15.1. The van der Waals surface area contributed by atoms with Crippen LogP contribution in [0.2, 0.25) is 0 Å². The summed E-state index contributed by atoms with van der Waals surface area (Å²) in [5.74, 6) is 0.667. The number of hydrogen-bond donors (Lipinski definition) is 1. The Kier molecular flexibility index (Phi) is 6.21. The van der Waals surface area contributed by atoms with Gasteiger partial charge in [0.05, 0.1) is 11.6 Å². The van der Waals surface area contributed by atoms with E-state index in [9.17, 15) is 4.79 Å². The monoisotopic (exact) mass is 357 g/mol. The maximum absolute atomic E-state index is 12.6. The lowest BCUT2D eigenvalue weighted by molar-refractivity contribution is -0.117. The minimum absolute atomic E-state index is 0.0289. The topological polar surface area (TPSA) is 45.2 Å². The van der Waals surface area contributed by atoms with Crippen LogP contribution < -0.4 is 5.32 Å².